The summed E-state index contributed by atoms with van der Waals surface area (Å²) in [7, 11) is 1.48. The lowest BCUT2D eigenvalue weighted by Gasteiger charge is -2.11. The first-order valence-electron chi connectivity index (χ1n) is 6.52. The Labute approximate surface area is 133 Å². The number of halogens is 1. The standard InChI is InChI=1S/C16H15ClN2O3/c1-10-7-8-14(22-2)12(9-10)16(21)19-18-15(20)11-5-3-4-6-13(11)17/h3-9H,1-2H3,(H,18,20)(H,19,21). The second-order valence-corrected chi connectivity index (χ2v) is 5.00. The Kier molecular flexibility index (Phi) is 5.01. The number of ether oxygens (including phenoxy) is 1. The number of methoxy groups -OCH3 is 1. The van der Waals surface area contributed by atoms with E-state index in [-0.39, 0.29) is 5.56 Å². The minimum atomic E-state index is -0.495. The third kappa shape index (κ3) is 3.56. The fourth-order valence-electron chi connectivity index (χ4n) is 1.89. The summed E-state index contributed by atoms with van der Waals surface area (Å²) in [5.41, 5.74) is 6.20. The van der Waals surface area contributed by atoms with Crippen molar-refractivity contribution in [2.45, 2.75) is 6.92 Å². The molecule has 2 amide bonds. The van der Waals surface area contributed by atoms with Crippen LogP contribution in [-0.2, 0) is 0 Å². The summed E-state index contributed by atoms with van der Waals surface area (Å²) in [6.45, 7) is 1.86. The maximum absolute atomic E-state index is 12.2. The van der Waals surface area contributed by atoms with E-state index in [1.807, 2.05) is 13.0 Å². The maximum Gasteiger partial charge on any atom is 0.273 e. The molecule has 2 aromatic rings. The van der Waals surface area contributed by atoms with Crippen molar-refractivity contribution in [2.24, 2.45) is 0 Å². The molecule has 0 fully saturated rings. The van der Waals surface area contributed by atoms with Gasteiger partial charge in [0, 0.05) is 0 Å². The van der Waals surface area contributed by atoms with E-state index in [0.29, 0.717) is 16.3 Å². The van der Waals surface area contributed by atoms with E-state index in [1.54, 1.807) is 36.4 Å². The second kappa shape index (κ2) is 6.95. The van der Waals surface area contributed by atoms with E-state index in [9.17, 15) is 9.59 Å². The lowest BCUT2D eigenvalue weighted by Crippen LogP contribution is -2.41. The van der Waals surface area contributed by atoms with Crippen molar-refractivity contribution in [3.05, 3.63) is 64.2 Å². The number of carbonyl (C=O) groups is 2. The zero-order valence-electron chi connectivity index (χ0n) is 12.1. The van der Waals surface area contributed by atoms with Crippen molar-refractivity contribution in [1.29, 1.82) is 0 Å². The van der Waals surface area contributed by atoms with Gasteiger partial charge in [0.2, 0.25) is 0 Å². The molecule has 2 aromatic carbocycles. The van der Waals surface area contributed by atoms with E-state index in [2.05, 4.69) is 10.9 Å². The minimum Gasteiger partial charge on any atom is -0.496 e. The summed E-state index contributed by atoms with van der Waals surface area (Å²) in [4.78, 5) is 24.1. The number of hydrazine groups is 1. The summed E-state index contributed by atoms with van der Waals surface area (Å²) in [5, 5.41) is 0.308. The van der Waals surface area contributed by atoms with Gasteiger partial charge in [0.1, 0.15) is 5.75 Å². The monoisotopic (exact) mass is 318 g/mol. The van der Waals surface area contributed by atoms with Gasteiger partial charge in [0.15, 0.2) is 0 Å². The van der Waals surface area contributed by atoms with E-state index in [4.69, 9.17) is 16.3 Å². The predicted octanol–water partition coefficient (Wildman–Crippen LogP) is 2.73. The van der Waals surface area contributed by atoms with Crippen molar-refractivity contribution >= 4 is 23.4 Å². The minimum absolute atomic E-state index is 0.278. The molecule has 0 radical (unpaired) electrons. The quantitative estimate of drug-likeness (QED) is 0.855. The molecule has 0 saturated carbocycles. The van der Waals surface area contributed by atoms with Gasteiger partial charge in [-0.2, -0.15) is 0 Å². The Morgan fingerprint density at radius 2 is 1.64 bits per heavy atom. The van der Waals surface area contributed by atoms with Crippen LogP contribution < -0.4 is 15.6 Å². The number of amides is 2. The van der Waals surface area contributed by atoms with Crippen LogP contribution in [0.1, 0.15) is 26.3 Å². The molecule has 0 aliphatic heterocycles. The van der Waals surface area contributed by atoms with Crippen LogP contribution in [0.25, 0.3) is 0 Å². The zero-order chi connectivity index (χ0) is 16.1. The van der Waals surface area contributed by atoms with Crippen molar-refractivity contribution in [3.63, 3.8) is 0 Å². The molecule has 0 aromatic heterocycles. The highest BCUT2D eigenvalue weighted by Crippen LogP contribution is 2.19. The molecule has 0 aliphatic carbocycles. The first-order chi connectivity index (χ1) is 10.5. The molecule has 2 rings (SSSR count). The van der Waals surface area contributed by atoms with Gasteiger partial charge < -0.3 is 4.74 Å². The lowest BCUT2D eigenvalue weighted by atomic mass is 10.1. The van der Waals surface area contributed by atoms with Gasteiger partial charge in [-0.15, -0.1) is 0 Å². The van der Waals surface area contributed by atoms with Crippen molar-refractivity contribution in [2.75, 3.05) is 7.11 Å². The van der Waals surface area contributed by atoms with Gasteiger partial charge in [-0.25, -0.2) is 0 Å². The van der Waals surface area contributed by atoms with Crippen LogP contribution in [0, 0.1) is 6.92 Å². The molecule has 2 N–H and O–H groups in total. The van der Waals surface area contributed by atoms with E-state index in [1.165, 1.54) is 7.11 Å². The summed E-state index contributed by atoms with van der Waals surface area (Å²) in [5.74, 6) is -0.540. The SMILES string of the molecule is COc1ccc(C)cc1C(=O)NNC(=O)c1ccccc1Cl. The summed E-state index contributed by atoms with van der Waals surface area (Å²) >= 11 is 5.93. The highest BCUT2D eigenvalue weighted by atomic mass is 35.5. The van der Waals surface area contributed by atoms with Crippen LogP contribution in [0.2, 0.25) is 5.02 Å². The Bertz CT molecular complexity index is 716. The van der Waals surface area contributed by atoms with Gasteiger partial charge >= 0.3 is 0 Å². The molecule has 0 spiro atoms. The van der Waals surface area contributed by atoms with Crippen LogP contribution in [-0.4, -0.2) is 18.9 Å². The maximum atomic E-state index is 12.2. The first-order valence-corrected chi connectivity index (χ1v) is 6.90. The van der Waals surface area contributed by atoms with Crippen LogP contribution in [0.3, 0.4) is 0 Å². The van der Waals surface area contributed by atoms with Crippen LogP contribution in [0.5, 0.6) is 5.75 Å². The Morgan fingerprint density at radius 1 is 1.00 bits per heavy atom. The topological polar surface area (TPSA) is 67.4 Å². The van der Waals surface area contributed by atoms with Crippen LogP contribution >= 0.6 is 11.6 Å². The smallest absolute Gasteiger partial charge is 0.273 e. The van der Waals surface area contributed by atoms with Crippen molar-refractivity contribution in [3.8, 4) is 5.75 Å². The number of carbonyl (C=O) groups excluding carboxylic acids is 2. The van der Waals surface area contributed by atoms with E-state index < -0.39 is 11.8 Å². The first kappa shape index (κ1) is 15.9. The number of rotatable bonds is 3. The third-order valence-corrected chi connectivity index (χ3v) is 3.34. The number of aryl methyl sites for hydroxylation is 1. The van der Waals surface area contributed by atoms with Gasteiger partial charge in [0.05, 0.1) is 23.3 Å². The van der Waals surface area contributed by atoms with Crippen LogP contribution in [0.15, 0.2) is 42.5 Å². The van der Waals surface area contributed by atoms with Gasteiger partial charge in [-0.1, -0.05) is 35.4 Å². The molecule has 0 atom stereocenters. The lowest BCUT2D eigenvalue weighted by molar-refractivity contribution is 0.0845. The molecule has 0 aliphatic rings. The molecular formula is C16H15ClN2O3. The molecular weight excluding hydrogens is 304 g/mol. The molecule has 0 saturated heterocycles. The normalized spacial score (nSPS) is 9.95. The van der Waals surface area contributed by atoms with Gasteiger partial charge in [-0.05, 0) is 31.2 Å². The zero-order valence-corrected chi connectivity index (χ0v) is 12.9. The summed E-state index contributed by atoms with van der Waals surface area (Å²) in [6, 6.07) is 11.8. The molecule has 22 heavy (non-hydrogen) atoms. The van der Waals surface area contributed by atoms with E-state index in [0.717, 1.165) is 5.56 Å². The third-order valence-electron chi connectivity index (χ3n) is 3.01. The van der Waals surface area contributed by atoms with Crippen molar-refractivity contribution in [1.82, 2.24) is 10.9 Å². The summed E-state index contributed by atoms with van der Waals surface area (Å²) < 4.78 is 5.14. The largest absolute Gasteiger partial charge is 0.496 e. The molecule has 0 unspecified atom stereocenters. The Morgan fingerprint density at radius 3 is 2.27 bits per heavy atom. The number of hydrogen-bond donors (Lipinski definition) is 2. The van der Waals surface area contributed by atoms with Crippen molar-refractivity contribution < 1.29 is 14.3 Å². The molecule has 6 heteroatoms. The second-order valence-electron chi connectivity index (χ2n) is 4.59. The van der Waals surface area contributed by atoms with Gasteiger partial charge in [0.25, 0.3) is 11.8 Å². The molecule has 0 bridgehead atoms. The average molecular weight is 319 g/mol. The summed E-state index contributed by atoms with van der Waals surface area (Å²) in [6.07, 6.45) is 0. The fraction of sp³-hybridized carbons (Fsp3) is 0.125. The van der Waals surface area contributed by atoms with E-state index >= 15 is 0 Å². The Balaban J connectivity index is 2.09. The predicted molar refractivity (Wildman–Crippen MR) is 84.1 cm³/mol. The molecule has 0 heterocycles. The molecule has 5 nitrogen and oxygen atoms in total. The highest BCUT2D eigenvalue weighted by Gasteiger charge is 2.15. The van der Waals surface area contributed by atoms with Crippen LogP contribution in [0.4, 0.5) is 0 Å². The molecule has 114 valence electrons. The average Bonchev–Trinajstić information content (AvgIpc) is 2.52. The van der Waals surface area contributed by atoms with Gasteiger partial charge in [-0.3, -0.25) is 20.4 Å². The number of hydrogen-bond acceptors (Lipinski definition) is 3. The number of benzene rings is 2. The fourth-order valence-corrected chi connectivity index (χ4v) is 2.11. The Hall–Kier alpha value is -2.53. The number of nitrogens with one attached hydrogen (secondary N) is 2. The highest BCUT2D eigenvalue weighted by molar-refractivity contribution is 6.33.